The first kappa shape index (κ1) is 11.6. The highest BCUT2D eigenvalue weighted by Crippen LogP contribution is 2.12. The van der Waals surface area contributed by atoms with Gasteiger partial charge in [-0.05, 0) is 5.56 Å². The van der Waals surface area contributed by atoms with Crippen LogP contribution >= 0.6 is 0 Å². The first-order valence-electron chi connectivity index (χ1n) is 6.12. The number of aromatic nitrogens is 5. The third-order valence-corrected chi connectivity index (χ3v) is 2.73. The molecule has 0 fully saturated rings. The van der Waals surface area contributed by atoms with E-state index in [9.17, 15) is 0 Å². The Balaban J connectivity index is 1.79. The van der Waals surface area contributed by atoms with Gasteiger partial charge in [0.15, 0.2) is 5.69 Å². The highest BCUT2D eigenvalue weighted by Gasteiger charge is 2.11. The van der Waals surface area contributed by atoms with Gasteiger partial charge in [-0.15, -0.1) is 5.10 Å². The van der Waals surface area contributed by atoms with Gasteiger partial charge in [-0.2, -0.15) is 4.98 Å². The molecule has 0 N–H and O–H groups in total. The van der Waals surface area contributed by atoms with E-state index in [1.165, 1.54) is 5.56 Å². The van der Waals surface area contributed by atoms with E-state index in [1.807, 2.05) is 43.5 Å². The van der Waals surface area contributed by atoms with Gasteiger partial charge in [-0.3, -0.25) is 0 Å². The van der Waals surface area contributed by atoms with E-state index in [0.717, 1.165) is 0 Å². The summed E-state index contributed by atoms with van der Waals surface area (Å²) in [6.45, 7) is 2.63. The molecule has 2 aromatic heterocycles. The van der Waals surface area contributed by atoms with Crippen LogP contribution in [0.5, 0.6) is 0 Å². The van der Waals surface area contributed by atoms with Crippen LogP contribution in [0.2, 0.25) is 0 Å². The molecule has 0 saturated heterocycles. The molecule has 0 atom stereocenters. The van der Waals surface area contributed by atoms with Gasteiger partial charge in [0.1, 0.15) is 0 Å². The highest BCUT2D eigenvalue weighted by atomic mass is 16.5. The summed E-state index contributed by atoms with van der Waals surface area (Å²) < 4.78 is 6.81. The molecule has 0 aliphatic heterocycles. The number of hydrogen-bond acceptors (Lipinski definition) is 5. The van der Waals surface area contributed by atoms with Crippen LogP contribution < -0.4 is 0 Å². The first-order chi connectivity index (χ1) is 9.35. The summed E-state index contributed by atoms with van der Waals surface area (Å²) >= 11 is 0. The molecule has 0 aliphatic rings. The number of benzene rings is 1. The summed E-state index contributed by atoms with van der Waals surface area (Å²) in [5, 5.41) is 12.0. The molecule has 0 saturated carbocycles. The quantitative estimate of drug-likeness (QED) is 0.712. The van der Waals surface area contributed by atoms with Crippen molar-refractivity contribution in [1.82, 2.24) is 25.1 Å². The van der Waals surface area contributed by atoms with Crippen molar-refractivity contribution in [3.8, 4) is 11.5 Å². The van der Waals surface area contributed by atoms with Gasteiger partial charge < -0.3 is 4.52 Å². The predicted octanol–water partition coefficient (Wildman–Crippen LogP) is 1.94. The minimum Gasteiger partial charge on any atom is -0.339 e. The minimum atomic E-state index is 0.483. The average molecular weight is 255 g/mol. The van der Waals surface area contributed by atoms with Gasteiger partial charge in [0.2, 0.25) is 11.7 Å². The lowest BCUT2D eigenvalue weighted by Crippen LogP contribution is -1.99. The predicted molar refractivity (Wildman–Crippen MR) is 68.2 cm³/mol. The van der Waals surface area contributed by atoms with Crippen molar-refractivity contribution < 1.29 is 4.52 Å². The summed E-state index contributed by atoms with van der Waals surface area (Å²) in [4.78, 5) is 4.23. The van der Waals surface area contributed by atoms with Gasteiger partial charge in [0.25, 0.3) is 0 Å². The third kappa shape index (κ3) is 2.52. The lowest BCUT2D eigenvalue weighted by Gasteiger charge is -1.98. The minimum absolute atomic E-state index is 0.483. The highest BCUT2D eigenvalue weighted by molar-refractivity contribution is 5.45. The second-order valence-electron chi connectivity index (χ2n) is 4.15. The Kier molecular flexibility index (Phi) is 3.06. The summed E-state index contributed by atoms with van der Waals surface area (Å²) in [6, 6.07) is 10.1. The molecule has 1 aromatic carbocycles. The van der Waals surface area contributed by atoms with E-state index >= 15 is 0 Å². The van der Waals surface area contributed by atoms with Gasteiger partial charge in [-0.1, -0.05) is 47.6 Å². The Bertz CT molecular complexity index is 658. The van der Waals surface area contributed by atoms with Crippen LogP contribution in [-0.2, 0) is 13.0 Å². The van der Waals surface area contributed by atoms with E-state index in [4.69, 9.17) is 4.52 Å². The Morgan fingerprint density at radius 1 is 1.21 bits per heavy atom. The van der Waals surface area contributed by atoms with Crippen molar-refractivity contribution in [3.05, 3.63) is 48.0 Å². The fourth-order valence-corrected chi connectivity index (χ4v) is 1.75. The maximum atomic E-state index is 5.06. The van der Waals surface area contributed by atoms with Crippen molar-refractivity contribution in [2.24, 2.45) is 0 Å². The Morgan fingerprint density at radius 3 is 2.79 bits per heavy atom. The maximum Gasteiger partial charge on any atom is 0.226 e. The summed E-state index contributed by atoms with van der Waals surface area (Å²) in [7, 11) is 0. The molecule has 0 bridgehead atoms. The second-order valence-corrected chi connectivity index (χ2v) is 4.15. The zero-order valence-corrected chi connectivity index (χ0v) is 10.5. The Hall–Kier alpha value is -2.50. The molecule has 3 aromatic rings. The number of rotatable bonds is 4. The maximum absolute atomic E-state index is 5.06. The molecule has 19 heavy (non-hydrogen) atoms. The standard InChI is InChI=1S/C13H13N5O/c1-2-12-14-13(16-19-12)11-9-18(17-15-11)8-10-6-4-3-5-7-10/h3-7,9H,2,8H2,1H3. The van der Waals surface area contributed by atoms with Gasteiger partial charge in [0.05, 0.1) is 12.7 Å². The Morgan fingerprint density at radius 2 is 2.05 bits per heavy atom. The third-order valence-electron chi connectivity index (χ3n) is 2.73. The van der Waals surface area contributed by atoms with Crippen molar-refractivity contribution in [2.75, 3.05) is 0 Å². The van der Waals surface area contributed by atoms with Crippen molar-refractivity contribution in [2.45, 2.75) is 19.9 Å². The van der Waals surface area contributed by atoms with Crippen LogP contribution in [0.15, 0.2) is 41.1 Å². The molecule has 6 nitrogen and oxygen atoms in total. The van der Waals surface area contributed by atoms with Crippen LogP contribution in [0.3, 0.4) is 0 Å². The monoisotopic (exact) mass is 255 g/mol. The van der Waals surface area contributed by atoms with Crippen LogP contribution in [0.1, 0.15) is 18.4 Å². The smallest absolute Gasteiger partial charge is 0.226 e. The molecule has 0 spiro atoms. The van der Waals surface area contributed by atoms with E-state index in [1.54, 1.807) is 4.68 Å². The molecule has 3 rings (SSSR count). The molecule has 2 heterocycles. The van der Waals surface area contributed by atoms with E-state index in [0.29, 0.717) is 30.4 Å². The summed E-state index contributed by atoms with van der Waals surface area (Å²) in [5.74, 6) is 1.09. The van der Waals surface area contributed by atoms with Crippen molar-refractivity contribution >= 4 is 0 Å². The van der Waals surface area contributed by atoms with E-state index < -0.39 is 0 Å². The molecule has 0 unspecified atom stereocenters. The lowest BCUT2D eigenvalue weighted by atomic mass is 10.2. The zero-order valence-electron chi connectivity index (χ0n) is 10.5. The number of aryl methyl sites for hydroxylation is 1. The SMILES string of the molecule is CCc1nc(-c2cn(Cc3ccccc3)nn2)no1. The number of hydrogen-bond donors (Lipinski definition) is 0. The average Bonchev–Trinajstić information content (AvgIpc) is 3.08. The zero-order chi connectivity index (χ0) is 13.1. The summed E-state index contributed by atoms with van der Waals surface area (Å²) in [5.41, 5.74) is 1.79. The summed E-state index contributed by atoms with van der Waals surface area (Å²) in [6.07, 6.45) is 2.53. The molecular formula is C13H13N5O. The molecule has 96 valence electrons. The molecule has 0 radical (unpaired) electrons. The molecule has 0 amide bonds. The fraction of sp³-hybridized carbons (Fsp3) is 0.231. The lowest BCUT2D eigenvalue weighted by molar-refractivity contribution is 0.382. The van der Waals surface area contributed by atoms with Crippen LogP contribution in [-0.4, -0.2) is 25.1 Å². The van der Waals surface area contributed by atoms with E-state index in [2.05, 4.69) is 20.5 Å². The van der Waals surface area contributed by atoms with Gasteiger partial charge >= 0.3 is 0 Å². The first-order valence-corrected chi connectivity index (χ1v) is 6.12. The van der Waals surface area contributed by atoms with Crippen molar-refractivity contribution in [1.29, 1.82) is 0 Å². The van der Waals surface area contributed by atoms with Crippen LogP contribution in [0.25, 0.3) is 11.5 Å². The van der Waals surface area contributed by atoms with E-state index in [-0.39, 0.29) is 0 Å². The number of nitrogens with zero attached hydrogens (tertiary/aromatic N) is 5. The normalized spacial score (nSPS) is 10.8. The Labute approximate surface area is 110 Å². The molecule has 0 aliphatic carbocycles. The fourth-order valence-electron chi connectivity index (χ4n) is 1.75. The topological polar surface area (TPSA) is 69.6 Å². The largest absolute Gasteiger partial charge is 0.339 e. The second kappa shape index (κ2) is 5.01. The van der Waals surface area contributed by atoms with Crippen LogP contribution in [0, 0.1) is 0 Å². The van der Waals surface area contributed by atoms with Crippen molar-refractivity contribution in [3.63, 3.8) is 0 Å². The van der Waals surface area contributed by atoms with Crippen LogP contribution in [0.4, 0.5) is 0 Å². The van der Waals surface area contributed by atoms with Gasteiger partial charge in [-0.25, -0.2) is 4.68 Å². The molecular weight excluding hydrogens is 242 g/mol. The molecule has 6 heteroatoms. The van der Waals surface area contributed by atoms with Gasteiger partial charge in [0, 0.05) is 6.42 Å².